The number of anilines is 1. The summed E-state index contributed by atoms with van der Waals surface area (Å²) in [4.78, 5) is 23.5. The number of amides is 1. The monoisotopic (exact) mass is 395 g/mol. The van der Waals surface area contributed by atoms with Crippen molar-refractivity contribution in [3.05, 3.63) is 40.2 Å². The molecule has 1 aliphatic rings. The molecule has 1 amide bonds. The molecule has 2 aromatic heterocycles. The van der Waals surface area contributed by atoms with Crippen LogP contribution in [-0.4, -0.2) is 46.5 Å². The van der Waals surface area contributed by atoms with Crippen molar-refractivity contribution < 1.29 is 4.79 Å². The third-order valence-electron chi connectivity index (χ3n) is 4.18. The SMILES string of the molecule is CC(=O)Nc1ncc(CN2CCN[C@H](Cc3cc(C)nc(C)c3)C2)s1.Cl. The van der Waals surface area contributed by atoms with E-state index < -0.39 is 0 Å². The molecule has 1 fully saturated rings. The van der Waals surface area contributed by atoms with Crippen LogP contribution in [0.3, 0.4) is 0 Å². The normalized spacial score (nSPS) is 17.6. The zero-order chi connectivity index (χ0) is 17.8. The van der Waals surface area contributed by atoms with Gasteiger partial charge in [0, 0.05) is 61.6 Å². The quantitative estimate of drug-likeness (QED) is 0.814. The molecule has 0 spiro atoms. The van der Waals surface area contributed by atoms with Crippen LogP contribution in [0.4, 0.5) is 5.13 Å². The largest absolute Gasteiger partial charge is 0.311 e. The fourth-order valence-electron chi connectivity index (χ4n) is 3.31. The highest BCUT2D eigenvalue weighted by Gasteiger charge is 2.20. The summed E-state index contributed by atoms with van der Waals surface area (Å²) >= 11 is 1.55. The molecule has 0 bridgehead atoms. The highest BCUT2D eigenvalue weighted by Crippen LogP contribution is 2.20. The average Bonchev–Trinajstić information content (AvgIpc) is 2.92. The van der Waals surface area contributed by atoms with E-state index in [1.165, 1.54) is 17.4 Å². The van der Waals surface area contributed by atoms with Gasteiger partial charge < -0.3 is 10.6 Å². The minimum atomic E-state index is -0.0777. The Labute approximate surface area is 164 Å². The molecule has 26 heavy (non-hydrogen) atoms. The fraction of sp³-hybridized carbons (Fsp3) is 0.500. The number of rotatable bonds is 5. The van der Waals surface area contributed by atoms with Crippen LogP contribution in [0.5, 0.6) is 0 Å². The van der Waals surface area contributed by atoms with Gasteiger partial charge in [0.2, 0.25) is 5.91 Å². The van der Waals surface area contributed by atoms with Crippen molar-refractivity contribution in [3.8, 4) is 0 Å². The molecule has 0 aliphatic carbocycles. The first-order chi connectivity index (χ1) is 12.0. The predicted octanol–water partition coefficient (Wildman–Crippen LogP) is 2.55. The predicted molar refractivity (Wildman–Crippen MR) is 108 cm³/mol. The van der Waals surface area contributed by atoms with Gasteiger partial charge in [0.15, 0.2) is 5.13 Å². The Morgan fingerprint density at radius 3 is 2.81 bits per heavy atom. The van der Waals surface area contributed by atoms with Crippen molar-refractivity contribution in [3.63, 3.8) is 0 Å². The summed E-state index contributed by atoms with van der Waals surface area (Å²) in [5, 5.41) is 7.05. The standard InChI is InChI=1S/C18H25N5OS.ClH/c1-12-6-15(7-13(2)21-12)8-16-10-23(5-4-19-16)11-17-9-20-18(25-17)22-14(3)24;/h6-7,9,16,19H,4-5,8,10-11H2,1-3H3,(H,20,22,24);1H/t16-;/m1./s1. The van der Waals surface area contributed by atoms with E-state index >= 15 is 0 Å². The number of hydrogen-bond donors (Lipinski definition) is 2. The lowest BCUT2D eigenvalue weighted by atomic mass is 10.0. The Kier molecular flexibility index (Phi) is 7.52. The van der Waals surface area contributed by atoms with Gasteiger partial charge in [0.05, 0.1) is 0 Å². The van der Waals surface area contributed by atoms with Crippen molar-refractivity contribution in [2.24, 2.45) is 0 Å². The molecule has 3 heterocycles. The maximum atomic E-state index is 11.1. The lowest BCUT2D eigenvalue weighted by molar-refractivity contribution is -0.114. The number of piperazine rings is 1. The molecule has 0 aromatic carbocycles. The van der Waals surface area contributed by atoms with Gasteiger partial charge in [-0.2, -0.15) is 0 Å². The van der Waals surface area contributed by atoms with Crippen molar-refractivity contribution in [1.82, 2.24) is 20.2 Å². The molecule has 1 atom stereocenters. The van der Waals surface area contributed by atoms with E-state index in [-0.39, 0.29) is 18.3 Å². The smallest absolute Gasteiger partial charge is 0.223 e. The fourth-order valence-corrected chi connectivity index (χ4v) is 4.21. The van der Waals surface area contributed by atoms with Gasteiger partial charge >= 0.3 is 0 Å². The second kappa shape index (κ2) is 9.41. The van der Waals surface area contributed by atoms with Gasteiger partial charge in [-0.05, 0) is 38.0 Å². The third-order valence-corrected chi connectivity index (χ3v) is 5.08. The van der Waals surface area contributed by atoms with Crippen LogP contribution in [0.15, 0.2) is 18.3 Å². The number of aromatic nitrogens is 2. The van der Waals surface area contributed by atoms with E-state index in [1.54, 1.807) is 11.3 Å². The van der Waals surface area contributed by atoms with E-state index in [0.29, 0.717) is 11.2 Å². The summed E-state index contributed by atoms with van der Waals surface area (Å²) in [6, 6.07) is 4.80. The summed E-state index contributed by atoms with van der Waals surface area (Å²) in [6.45, 7) is 9.51. The highest BCUT2D eigenvalue weighted by molar-refractivity contribution is 7.15. The van der Waals surface area contributed by atoms with E-state index in [9.17, 15) is 4.79 Å². The molecule has 0 unspecified atom stereocenters. The lowest BCUT2D eigenvalue weighted by Gasteiger charge is -2.33. The lowest BCUT2D eigenvalue weighted by Crippen LogP contribution is -2.51. The minimum absolute atomic E-state index is 0. The number of thiazole rings is 1. The van der Waals surface area contributed by atoms with Crippen LogP contribution in [0.1, 0.15) is 28.8 Å². The van der Waals surface area contributed by atoms with Gasteiger partial charge in [-0.3, -0.25) is 14.7 Å². The molecule has 8 heteroatoms. The number of carbonyl (C=O) groups excluding carboxylic acids is 1. The minimum Gasteiger partial charge on any atom is -0.311 e. The van der Waals surface area contributed by atoms with E-state index in [4.69, 9.17) is 0 Å². The van der Waals surface area contributed by atoms with E-state index in [1.807, 2.05) is 20.0 Å². The number of nitrogens with one attached hydrogen (secondary N) is 2. The summed E-state index contributed by atoms with van der Waals surface area (Å²) in [7, 11) is 0. The molecule has 0 saturated carbocycles. The van der Waals surface area contributed by atoms with Gasteiger partial charge in [-0.25, -0.2) is 4.98 Å². The number of pyridine rings is 1. The highest BCUT2D eigenvalue weighted by atomic mass is 35.5. The maximum absolute atomic E-state index is 11.1. The van der Waals surface area contributed by atoms with Gasteiger partial charge in [-0.1, -0.05) is 0 Å². The zero-order valence-corrected chi connectivity index (χ0v) is 17.0. The zero-order valence-electron chi connectivity index (χ0n) is 15.4. The first-order valence-electron chi connectivity index (χ1n) is 8.60. The second-order valence-corrected chi connectivity index (χ2v) is 7.78. The molecule has 2 aromatic rings. The maximum Gasteiger partial charge on any atom is 0.223 e. The molecule has 0 radical (unpaired) electrons. The number of nitrogens with zero attached hydrogens (tertiary/aromatic N) is 3. The molecular weight excluding hydrogens is 370 g/mol. The summed E-state index contributed by atoms with van der Waals surface area (Å²) < 4.78 is 0. The van der Waals surface area contributed by atoms with Gasteiger partial charge in [0.1, 0.15) is 0 Å². The summed E-state index contributed by atoms with van der Waals surface area (Å²) in [6.07, 6.45) is 2.88. The summed E-state index contributed by atoms with van der Waals surface area (Å²) in [5.41, 5.74) is 3.51. The Bertz CT molecular complexity index is 731. The van der Waals surface area contributed by atoms with Crippen LogP contribution in [0, 0.1) is 13.8 Å². The first-order valence-corrected chi connectivity index (χ1v) is 9.42. The Morgan fingerprint density at radius 1 is 1.38 bits per heavy atom. The van der Waals surface area contributed by atoms with Crippen LogP contribution in [-0.2, 0) is 17.8 Å². The Hall–Kier alpha value is -1.54. The topological polar surface area (TPSA) is 70.2 Å². The third kappa shape index (κ3) is 6.02. The average molecular weight is 396 g/mol. The van der Waals surface area contributed by atoms with Crippen molar-refractivity contribution in [2.45, 2.75) is 39.8 Å². The van der Waals surface area contributed by atoms with Gasteiger partial charge in [0.25, 0.3) is 0 Å². The molecule has 1 aliphatic heterocycles. The van der Waals surface area contributed by atoms with Crippen LogP contribution < -0.4 is 10.6 Å². The van der Waals surface area contributed by atoms with Crippen LogP contribution in [0.25, 0.3) is 0 Å². The second-order valence-electron chi connectivity index (χ2n) is 6.66. The van der Waals surface area contributed by atoms with Crippen molar-refractivity contribution >= 4 is 34.8 Å². The van der Waals surface area contributed by atoms with Crippen molar-refractivity contribution in [1.29, 1.82) is 0 Å². The molecule has 1 saturated heterocycles. The molecule has 142 valence electrons. The number of halogens is 1. The van der Waals surface area contributed by atoms with Gasteiger partial charge in [-0.15, -0.1) is 23.7 Å². The van der Waals surface area contributed by atoms with Crippen LogP contribution >= 0.6 is 23.7 Å². The van der Waals surface area contributed by atoms with E-state index in [0.717, 1.165) is 44.0 Å². The first kappa shape index (κ1) is 20.8. The van der Waals surface area contributed by atoms with Crippen LogP contribution in [0.2, 0.25) is 0 Å². The molecule has 3 rings (SSSR count). The number of hydrogen-bond acceptors (Lipinski definition) is 6. The molecular formula is C18H26ClN5OS. The van der Waals surface area contributed by atoms with E-state index in [2.05, 4.69) is 37.6 Å². The summed E-state index contributed by atoms with van der Waals surface area (Å²) in [5.74, 6) is -0.0777. The number of aryl methyl sites for hydroxylation is 2. The number of carbonyl (C=O) groups is 1. The van der Waals surface area contributed by atoms with Crippen molar-refractivity contribution in [2.75, 3.05) is 25.0 Å². The molecule has 6 nitrogen and oxygen atoms in total. The molecule has 2 N–H and O–H groups in total. The Morgan fingerprint density at radius 2 is 2.12 bits per heavy atom. The Balaban J connectivity index is 0.00000243.